The quantitative estimate of drug-likeness (QED) is 0.752. The fraction of sp³-hybridized carbons (Fsp3) is 0.556. The first-order chi connectivity index (χ1) is 7.02. The van der Waals surface area contributed by atoms with Crippen molar-refractivity contribution < 1.29 is 18.3 Å². The van der Waals surface area contributed by atoms with E-state index in [2.05, 4.69) is 9.72 Å². The van der Waals surface area contributed by atoms with E-state index in [0.717, 1.165) is 11.3 Å². The first kappa shape index (κ1) is 12.0. The summed E-state index contributed by atoms with van der Waals surface area (Å²) in [5, 5.41) is 1.01. The number of ether oxygens (including phenoxy) is 1. The summed E-state index contributed by atoms with van der Waals surface area (Å²) in [4.78, 5) is 14.6. The van der Waals surface area contributed by atoms with Gasteiger partial charge < -0.3 is 4.74 Å². The van der Waals surface area contributed by atoms with Crippen LogP contribution in [0, 0.1) is 0 Å². The van der Waals surface area contributed by atoms with E-state index in [1.807, 2.05) is 0 Å². The van der Waals surface area contributed by atoms with Gasteiger partial charge in [0.15, 0.2) is 5.01 Å². The Bertz CT molecular complexity index is 352. The minimum atomic E-state index is -3.63. The van der Waals surface area contributed by atoms with Crippen molar-refractivity contribution in [2.24, 2.45) is 0 Å². The third-order valence-corrected chi connectivity index (χ3v) is 2.68. The Morgan fingerprint density at radius 2 is 2.27 bits per heavy atom. The summed E-state index contributed by atoms with van der Waals surface area (Å²) < 4.78 is 31.0. The van der Waals surface area contributed by atoms with Crippen LogP contribution in [-0.2, 0) is 21.9 Å². The molecule has 15 heavy (non-hydrogen) atoms. The van der Waals surface area contributed by atoms with Crippen LogP contribution in [0.25, 0.3) is 0 Å². The van der Waals surface area contributed by atoms with E-state index in [9.17, 15) is 13.6 Å². The number of carbonyl (C=O) groups is 1. The van der Waals surface area contributed by atoms with Crippen LogP contribution in [0.4, 0.5) is 8.78 Å². The lowest BCUT2D eigenvalue weighted by molar-refractivity contribution is -0.173. The minimum Gasteiger partial charge on any atom is -0.461 e. The molecule has 0 aliphatic heterocycles. The minimum absolute atomic E-state index is 0.0690. The van der Waals surface area contributed by atoms with Crippen LogP contribution >= 0.6 is 11.3 Å². The fourth-order valence-electron chi connectivity index (χ4n) is 0.923. The zero-order valence-corrected chi connectivity index (χ0v) is 9.24. The van der Waals surface area contributed by atoms with Gasteiger partial charge in [0.25, 0.3) is 0 Å². The van der Waals surface area contributed by atoms with Crippen molar-refractivity contribution in [3.8, 4) is 0 Å². The molecule has 0 amide bonds. The average Bonchev–Trinajstić information content (AvgIpc) is 2.66. The molecule has 1 aromatic rings. The van der Waals surface area contributed by atoms with Gasteiger partial charge in [0.1, 0.15) is 0 Å². The number of rotatable bonds is 4. The lowest BCUT2D eigenvalue weighted by Crippen LogP contribution is -2.28. The highest BCUT2D eigenvalue weighted by Gasteiger charge is 2.45. The monoisotopic (exact) mass is 235 g/mol. The molecule has 0 N–H and O–H groups in total. The molecule has 6 heteroatoms. The summed E-state index contributed by atoms with van der Waals surface area (Å²) in [5.74, 6) is -5.17. The number of hydrogen-bond donors (Lipinski definition) is 0. The third kappa shape index (κ3) is 2.50. The largest absolute Gasteiger partial charge is 0.461 e. The van der Waals surface area contributed by atoms with Crippen LogP contribution in [0.2, 0.25) is 0 Å². The molecular formula is C9H11F2NO2S. The first-order valence-electron chi connectivity index (χ1n) is 4.52. The number of hydrogen-bond acceptors (Lipinski definition) is 4. The molecule has 84 valence electrons. The first-order valence-corrected chi connectivity index (χ1v) is 5.40. The molecule has 0 saturated heterocycles. The van der Waals surface area contributed by atoms with Crippen LogP contribution in [0.15, 0.2) is 5.38 Å². The van der Waals surface area contributed by atoms with Gasteiger partial charge in [-0.3, -0.25) is 0 Å². The summed E-state index contributed by atoms with van der Waals surface area (Å²) in [6, 6.07) is 0. The lowest BCUT2D eigenvalue weighted by Gasteiger charge is -2.11. The summed E-state index contributed by atoms with van der Waals surface area (Å²) >= 11 is 0.773. The van der Waals surface area contributed by atoms with Crippen LogP contribution in [0.3, 0.4) is 0 Å². The Morgan fingerprint density at radius 1 is 1.60 bits per heavy atom. The second kappa shape index (κ2) is 4.65. The summed E-state index contributed by atoms with van der Waals surface area (Å²) in [5.41, 5.74) is 0.555. The van der Waals surface area contributed by atoms with Gasteiger partial charge in [-0.1, -0.05) is 6.92 Å². The number of carbonyl (C=O) groups excluding carboxylic acids is 1. The van der Waals surface area contributed by atoms with Gasteiger partial charge in [-0.2, -0.15) is 8.78 Å². The van der Waals surface area contributed by atoms with Crippen LogP contribution < -0.4 is 0 Å². The van der Waals surface area contributed by atoms with Gasteiger partial charge in [0.2, 0.25) is 0 Å². The van der Waals surface area contributed by atoms with Crippen molar-refractivity contribution in [1.29, 1.82) is 0 Å². The number of alkyl halides is 2. The number of aromatic nitrogens is 1. The SMILES string of the molecule is CCOC(=O)C(F)(F)c1nc(CC)cs1. The van der Waals surface area contributed by atoms with E-state index in [1.54, 1.807) is 6.92 Å². The molecule has 0 aliphatic carbocycles. The molecule has 0 saturated carbocycles. The van der Waals surface area contributed by atoms with E-state index in [1.165, 1.54) is 12.3 Å². The number of aryl methyl sites for hydroxylation is 1. The molecule has 1 rings (SSSR count). The van der Waals surface area contributed by atoms with Crippen molar-refractivity contribution >= 4 is 17.3 Å². The van der Waals surface area contributed by atoms with Gasteiger partial charge in [0.05, 0.1) is 12.3 Å². The van der Waals surface area contributed by atoms with Gasteiger partial charge in [-0.05, 0) is 13.3 Å². The number of halogens is 2. The molecule has 0 aromatic carbocycles. The van der Waals surface area contributed by atoms with Crippen molar-refractivity contribution in [3.05, 3.63) is 16.1 Å². The zero-order chi connectivity index (χ0) is 11.5. The van der Waals surface area contributed by atoms with Gasteiger partial charge in [-0.15, -0.1) is 11.3 Å². The maximum atomic E-state index is 13.4. The topological polar surface area (TPSA) is 39.2 Å². The molecule has 1 aromatic heterocycles. The third-order valence-electron chi connectivity index (χ3n) is 1.71. The molecule has 0 fully saturated rings. The van der Waals surface area contributed by atoms with E-state index in [-0.39, 0.29) is 6.61 Å². The molecule has 0 unspecified atom stereocenters. The van der Waals surface area contributed by atoms with E-state index in [4.69, 9.17) is 0 Å². The smallest absolute Gasteiger partial charge is 0.393 e. The Hall–Kier alpha value is -1.04. The van der Waals surface area contributed by atoms with Crippen LogP contribution in [0.1, 0.15) is 24.5 Å². The molecule has 0 radical (unpaired) electrons. The molecule has 3 nitrogen and oxygen atoms in total. The molecule has 0 aliphatic rings. The van der Waals surface area contributed by atoms with Crippen molar-refractivity contribution in [2.75, 3.05) is 6.61 Å². The van der Waals surface area contributed by atoms with Crippen LogP contribution in [0.5, 0.6) is 0 Å². The molecule has 0 atom stereocenters. The molecule has 0 spiro atoms. The second-order valence-corrected chi connectivity index (χ2v) is 3.65. The predicted octanol–water partition coefficient (Wildman–Crippen LogP) is 2.36. The van der Waals surface area contributed by atoms with Gasteiger partial charge >= 0.3 is 11.9 Å². The highest BCUT2D eigenvalue weighted by molar-refractivity contribution is 7.09. The highest BCUT2D eigenvalue weighted by atomic mass is 32.1. The standard InChI is InChI=1S/C9H11F2NO2S/c1-3-6-5-15-7(12-6)9(10,11)8(13)14-4-2/h5H,3-4H2,1-2H3. The lowest BCUT2D eigenvalue weighted by atomic mass is 10.3. The molecule has 1 heterocycles. The van der Waals surface area contributed by atoms with Crippen molar-refractivity contribution in [1.82, 2.24) is 4.98 Å². The number of esters is 1. The highest BCUT2D eigenvalue weighted by Crippen LogP contribution is 2.31. The zero-order valence-electron chi connectivity index (χ0n) is 8.42. The average molecular weight is 235 g/mol. The second-order valence-electron chi connectivity index (χ2n) is 2.79. The molecule has 0 bridgehead atoms. The maximum Gasteiger partial charge on any atom is 0.393 e. The van der Waals surface area contributed by atoms with E-state index in [0.29, 0.717) is 12.1 Å². The fourth-order valence-corrected chi connectivity index (χ4v) is 1.79. The predicted molar refractivity (Wildman–Crippen MR) is 52.0 cm³/mol. The van der Waals surface area contributed by atoms with Gasteiger partial charge in [-0.25, -0.2) is 9.78 Å². The van der Waals surface area contributed by atoms with Crippen molar-refractivity contribution in [3.63, 3.8) is 0 Å². The van der Waals surface area contributed by atoms with E-state index >= 15 is 0 Å². The normalized spacial score (nSPS) is 11.5. The number of thiazole rings is 1. The number of nitrogens with zero attached hydrogens (tertiary/aromatic N) is 1. The Morgan fingerprint density at radius 3 is 2.73 bits per heavy atom. The summed E-state index contributed by atoms with van der Waals surface area (Å²) in [6.07, 6.45) is 0.565. The van der Waals surface area contributed by atoms with Gasteiger partial charge in [0, 0.05) is 5.38 Å². The van der Waals surface area contributed by atoms with E-state index < -0.39 is 16.9 Å². The molecular weight excluding hydrogens is 224 g/mol. The Balaban J connectivity index is 2.89. The summed E-state index contributed by atoms with van der Waals surface area (Å²) in [6.45, 7) is 3.22. The Kier molecular flexibility index (Phi) is 3.73. The van der Waals surface area contributed by atoms with Crippen LogP contribution in [-0.4, -0.2) is 17.6 Å². The maximum absolute atomic E-state index is 13.4. The van der Waals surface area contributed by atoms with Crippen molar-refractivity contribution in [2.45, 2.75) is 26.2 Å². The Labute approximate surface area is 90.1 Å². The summed E-state index contributed by atoms with van der Waals surface area (Å²) in [7, 11) is 0.